The van der Waals surface area contributed by atoms with Crippen molar-refractivity contribution in [3.8, 4) is 0 Å². The minimum atomic E-state index is -0.645. The van der Waals surface area contributed by atoms with Gasteiger partial charge in [0.15, 0.2) is 6.61 Å². The largest absolute Gasteiger partial charge is 0.452 e. The second-order valence-corrected chi connectivity index (χ2v) is 6.39. The molecule has 0 saturated heterocycles. The lowest BCUT2D eigenvalue weighted by Gasteiger charge is -2.09. The summed E-state index contributed by atoms with van der Waals surface area (Å²) in [6.07, 6.45) is 0.754. The zero-order chi connectivity index (χ0) is 16.8. The predicted octanol–water partition coefficient (Wildman–Crippen LogP) is 2.93. The predicted molar refractivity (Wildman–Crippen MR) is 90.0 cm³/mol. The summed E-state index contributed by atoms with van der Waals surface area (Å²) in [6.45, 7) is 3.70. The molecule has 1 amide bonds. The molecule has 0 radical (unpaired) electrons. The van der Waals surface area contributed by atoms with Gasteiger partial charge in [-0.2, -0.15) is 0 Å². The van der Waals surface area contributed by atoms with Crippen molar-refractivity contribution in [2.45, 2.75) is 20.3 Å². The number of carbonyl (C=O) groups is 2. The Labute approximate surface area is 143 Å². The number of nitrogens with zero attached hydrogens (tertiary/aromatic N) is 1. The Kier molecular flexibility index (Phi) is 6.12. The van der Waals surface area contributed by atoms with Crippen LogP contribution in [0.15, 0.2) is 23.6 Å². The molecule has 2 aromatic rings. The second kappa shape index (κ2) is 8.08. The van der Waals surface area contributed by atoms with E-state index >= 15 is 0 Å². The zero-order valence-electron chi connectivity index (χ0n) is 12.9. The van der Waals surface area contributed by atoms with Crippen molar-refractivity contribution in [1.82, 2.24) is 10.3 Å². The van der Waals surface area contributed by atoms with E-state index in [1.165, 1.54) is 4.88 Å². The van der Waals surface area contributed by atoms with E-state index in [4.69, 9.17) is 16.3 Å². The molecule has 0 aliphatic carbocycles. The summed E-state index contributed by atoms with van der Waals surface area (Å²) in [5, 5.41) is 4.78. The third-order valence-electron chi connectivity index (χ3n) is 3.11. The molecule has 0 aliphatic rings. The first-order valence-electron chi connectivity index (χ1n) is 7.07. The van der Waals surface area contributed by atoms with Gasteiger partial charge in [0.1, 0.15) is 5.15 Å². The van der Waals surface area contributed by atoms with Crippen LogP contribution in [0.3, 0.4) is 0 Å². The first kappa shape index (κ1) is 17.4. The Morgan fingerprint density at radius 1 is 1.39 bits per heavy atom. The van der Waals surface area contributed by atoms with Crippen molar-refractivity contribution >= 4 is 34.8 Å². The number of esters is 1. The maximum Gasteiger partial charge on any atom is 0.342 e. The highest BCUT2D eigenvalue weighted by molar-refractivity contribution is 7.09. The molecule has 1 N–H and O–H groups in total. The zero-order valence-corrected chi connectivity index (χ0v) is 14.5. The summed E-state index contributed by atoms with van der Waals surface area (Å²) >= 11 is 7.61. The Hall–Kier alpha value is -1.92. The smallest absolute Gasteiger partial charge is 0.342 e. The van der Waals surface area contributed by atoms with Crippen molar-refractivity contribution in [2.24, 2.45) is 0 Å². The van der Waals surface area contributed by atoms with Gasteiger partial charge in [0.25, 0.3) is 5.91 Å². The first-order valence-corrected chi connectivity index (χ1v) is 8.33. The summed E-state index contributed by atoms with van der Waals surface area (Å²) in [7, 11) is 0. The molecule has 0 aromatic carbocycles. The Balaban J connectivity index is 1.81. The van der Waals surface area contributed by atoms with Crippen molar-refractivity contribution in [3.05, 3.63) is 50.4 Å². The van der Waals surface area contributed by atoms with Gasteiger partial charge in [-0.25, -0.2) is 9.78 Å². The number of nitrogens with one attached hydrogen (secondary N) is 1. The number of pyridine rings is 1. The molecule has 23 heavy (non-hydrogen) atoms. The normalized spacial score (nSPS) is 10.4. The van der Waals surface area contributed by atoms with E-state index in [9.17, 15) is 9.59 Å². The van der Waals surface area contributed by atoms with Crippen molar-refractivity contribution in [3.63, 3.8) is 0 Å². The summed E-state index contributed by atoms with van der Waals surface area (Å²) in [5.74, 6) is -0.989. The fourth-order valence-corrected chi connectivity index (χ4v) is 3.14. The molecule has 0 unspecified atom stereocenters. The molecule has 0 bridgehead atoms. The van der Waals surface area contributed by atoms with Crippen LogP contribution < -0.4 is 5.32 Å². The quantitative estimate of drug-likeness (QED) is 0.641. The Bertz CT molecular complexity index is 678. The molecule has 0 saturated carbocycles. The number of aromatic nitrogens is 1. The van der Waals surface area contributed by atoms with Gasteiger partial charge in [-0.05, 0) is 43.3 Å². The molecule has 0 aliphatic heterocycles. The molecule has 5 nitrogen and oxygen atoms in total. The van der Waals surface area contributed by atoms with Crippen LogP contribution in [0.25, 0.3) is 0 Å². The summed E-state index contributed by atoms with van der Waals surface area (Å²) in [5.41, 5.74) is 1.59. The Morgan fingerprint density at radius 2 is 2.17 bits per heavy atom. The minimum Gasteiger partial charge on any atom is -0.452 e. The van der Waals surface area contributed by atoms with Crippen molar-refractivity contribution < 1.29 is 14.3 Å². The van der Waals surface area contributed by atoms with Crippen LogP contribution in [0, 0.1) is 13.8 Å². The van der Waals surface area contributed by atoms with Crippen molar-refractivity contribution in [1.29, 1.82) is 0 Å². The molecule has 0 fully saturated rings. The van der Waals surface area contributed by atoms with E-state index in [1.807, 2.05) is 17.5 Å². The maximum atomic E-state index is 12.0. The summed E-state index contributed by atoms with van der Waals surface area (Å²) < 4.78 is 5.01. The van der Waals surface area contributed by atoms with Gasteiger partial charge in [-0.15, -0.1) is 11.3 Å². The number of thiophene rings is 1. The van der Waals surface area contributed by atoms with Crippen LogP contribution in [-0.2, 0) is 16.0 Å². The monoisotopic (exact) mass is 352 g/mol. The van der Waals surface area contributed by atoms with Gasteiger partial charge >= 0.3 is 5.97 Å². The topological polar surface area (TPSA) is 68.3 Å². The standard InChI is InChI=1S/C16H17ClN2O3S/c1-10-8-11(2)19-15(17)14(10)16(21)22-9-13(20)18-6-5-12-4-3-7-23-12/h3-4,7-8H,5-6,9H2,1-2H3,(H,18,20). The molecule has 7 heteroatoms. The molecule has 0 atom stereocenters. The van der Waals surface area contributed by atoms with Crippen LogP contribution in [0.5, 0.6) is 0 Å². The van der Waals surface area contributed by atoms with Crippen molar-refractivity contribution in [2.75, 3.05) is 13.2 Å². The number of aryl methyl sites for hydroxylation is 2. The number of hydrogen-bond acceptors (Lipinski definition) is 5. The highest BCUT2D eigenvalue weighted by Crippen LogP contribution is 2.19. The molecule has 2 aromatic heterocycles. The average molecular weight is 353 g/mol. The molecule has 0 spiro atoms. The second-order valence-electron chi connectivity index (χ2n) is 5.00. The maximum absolute atomic E-state index is 12.0. The third-order valence-corrected chi connectivity index (χ3v) is 4.32. The number of rotatable bonds is 6. The van der Waals surface area contributed by atoms with Gasteiger partial charge in [-0.3, -0.25) is 4.79 Å². The van der Waals surface area contributed by atoms with E-state index < -0.39 is 5.97 Å². The molecule has 2 heterocycles. The highest BCUT2D eigenvalue weighted by Gasteiger charge is 2.18. The van der Waals surface area contributed by atoms with E-state index in [-0.39, 0.29) is 23.2 Å². The highest BCUT2D eigenvalue weighted by atomic mass is 35.5. The lowest BCUT2D eigenvalue weighted by molar-refractivity contribution is -0.124. The number of carbonyl (C=O) groups excluding carboxylic acids is 2. The van der Waals surface area contributed by atoms with Gasteiger partial charge in [-0.1, -0.05) is 17.7 Å². The molecular weight excluding hydrogens is 336 g/mol. The summed E-state index contributed by atoms with van der Waals surface area (Å²) in [6, 6.07) is 5.71. The van der Waals surface area contributed by atoms with Gasteiger partial charge in [0.05, 0.1) is 5.56 Å². The van der Waals surface area contributed by atoms with Gasteiger partial charge in [0, 0.05) is 17.1 Å². The van der Waals surface area contributed by atoms with E-state index in [2.05, 4.69) is 10.3 Å². The first-order chi connectivity index (χ1) is 11.0. The molecule has 122 valence electrons. The fourth-order valence-electron chi connectivity index (χ4n) is 2.07. The number of amides is 1. The van der Waals surface area contributed by atoms with Crippen LogP contribution in [-0.4, -0.2) is 30.0 Å². The van der Waals surface area contributed by atoms with E-state index in [0.29, 0.717) is 12.1 Å². The number of halogens is 1. The molecule has 2 rings (SSSR count). The molecular formula is C16H17ClN2O3S. The van der Waals surface area contributed by atoms with E-state index in [0.717, 1.165) is 12.1 Å². The SMILES string of the molecule is Cc1cc(C)c(C(=O)OCC(=O)NCCc2cccs2)c(Cl)n1. The Morgan fingerprint density at radius 3 is 2.83 bits per heavy atom. The number of ether oxygens (including phenoxy) is 1. The summed E-state index contributed by atoms with van der Waals surface area (Å²) in [4.78, 5) is 29.0. The lowest BCUT2D eigenvalue weighted by atomic mass is 10.1. The lowest BCUT2D eigenvalue weighted by Crippen LogP contribution is -2.30. The van der Waals surface area contributed by atoms with Gasteiger partial charge < -0.3 is 10.1 Å². The van der Waals surface area contributed by atoms with Crippen LogP contribution in [0.2, 0.25) is 5.15 Å². The van der Waals surface area contributed by atoms with Crippen LogP contribution in [0.4, 0.5) is 0 Å². The van der Waals surface area contributed by atoms with Crippen LogP contribution in [0.1, 0.15) is 26.5 Å². The number of hydrogen-bond donors (Lipinski definition) is 1. The minimum absolute atomic E-state index is 0.0885. The fraction of sp³-hybridized carbons (Fsp3) is 0.312. The third kappa shape index (κ3) is 5.04. The average Bonchev–Trinajstić information content (AvgIpc) is 2.97. The van der Waals surface area contributed by atoms with E-state index in [1.54, 1.807) is 31.3 Å². The van der Waals surface area contributed by atoms with Crippen LogP contribution >= 0.6 is 22.9 Å². The van der Waals surface area contributed by atoms with Gasteiger partial charge in [0.2, 0.25) is 0 Å².